The van der Waals surface area contributed by atoms with E-state index in [1.807, 2.05) is 0 Å². The average molecular weight is 318 g/mol. The Morgan fingerprint density at radius 1 is 1.22 bits per heavy atom. The monoisotopic (exact) mass is 318 g/mol. The van der Waals surface area contributed by atoms with Gasteiger partial charge in [-0.1, -0.05) is 13.8 Å². The van der Waals surface area contributed by atoms with Crippen LogP contribution in [0.4, 0.5) is 5.69 Å². The summed E-state index contributed by atoms with van der Waals surface area (Å²) in [5.74, 6) is 0.487. The Bertz CT molecular complexity index is 532. The fourth-order valence-corrected chi connectivity index (χ4v) is 2.59. The maximum Gasteiger partial charge on any atom is 0.253 e. The van der Waals surface area contributed by atoms with Crippen molar-refractivity contribution < 1.29 is 14.7 Å². The van der Waals surface area contributed by atoms with E-state index < -0.39 is 0 Å². The van der Waals surface area contributed by atoms with Crippen molar-refractivity contribution >= 4 is 17.5 Å². The zero-order valence-corrected chi connectivity index (χ0v) is 13.9. The number of hydrogen-bond acceptors (Lipinski definition) is 3. The van der Waals surface area contributed by atoms with E-state index in [0.717, 1.165) is 6.42 Å². The molecule has 0 unspecified atom stereocenters. The highest BCUT2D eigenvalue weighted by molar-refractivity contribution is 5.95. The Balaban J connectivity index is 1.88. The van der Waals surface area contributed by atoms with E-state index in [1.54, 1.807) is 29.2 Å². The van der Waals surface area contributed by atoms with Crippen molar-refractivity contribution in [3.63, 3.8) is 0 Å². The van der Waals surface area contributed by atoms with Crippen molar-refractivity contribution in [1.29, 1.82) is 0 Å². The third-order valence-electron chi connectivity index (χ3n) is 4.12. The molecule has 1 aliphatic heterocycles. The van der Waals surface area contributed by atoms with E-state index in [9.17, 15) is 14.7 Å². The summed E-state index contributed by atoms with van der Waals surface area (Å²) in [6.45, 7) is 5.36. The number of hydrogen-bond donors (Lipinski definition) is 2. The fraction of sp³-hybridized carbons (Fsp3) is 0.556. The summed E-state index contributed by atoms with van der Waals surface area (Å²) >= 11 is 0. The first-order valence-electron chi connectivity index (χ1n) is 8.33. The molecular formula is C18H26N2O3. The Morgan fingerprint density at radius 2 is 1.83 bits per heavy atom. The lowest BCUT2D eigenvalue weighted by molar-refractivity contribution is -0.116. The van der Waals surface area contributed by atoms with Crippen molar-refractivity contribution in [1.82, 2.24) is 4.90 Å². The van der Waals surface area contributed by atoms with Crippen LogP contribution < -0.4 is 5.32 Å². The third kappa shape index (κ3) is 5.36. The molecule has 1 aromatic rings. The number of nitrogens with zero attached hydrogens (tertiary/aromatic N) is 1. The first-order valence-corrected chi connectivity index (χ1v) is 8.33. The first kappa shape index (κ1) is 17.5. The van der Waals surface area contributed by atoms with E-state index >= 15 is 0 Å². The predicted molar refractivity (Wildman–Crippen MR) is 90.3 cm³/mol. The first-order chi connectivity index (χ1) is 11.0. The van der Waals surface area contributed by atoms with Gasteiger partial charge in [-0.25, -0.2) is 0 Å². The molecule has 2 rings (SSSR count). The van der Waals surface area contributed by atoms with E-state index in [2.05, 4.69) is 19.2 Å². The molecule has 1 aliphatic rings. The van der Waals surface area contributed by atoms with Gasteiger partial charge in [0.25, 0.3) is 5.91 Å². The number of rotatable bonds is 5. The Hall–Kier alpha value is -1.88. The summed E-state index contributed by atoms with van der Waals surface area (Å²) in [6.07, 6.45) is 2.35. The van der Waals surface area contributed by atoms with Gasteiger partial charge in [0.05, 0.1) is 6.10 Å². The molecule has 5 nitrogen and oxygen atoms in total. The number of likely N-dealkylation sites (tertiary alicyclic amines) is 1. The van der Waals surface area contributed by atoms with Gasteiger partial charge >= 0.3 is 0 Å². The Labute approximate surface area is 137 Å². The molecule has 0 saturated carbocycles. The highest BCUT2D eigenvalue weighted by Crippen LogP contribution is 2.16. The lowest BCUT2D eigenvalue weighted by Crippen LogP contribution is -2.40. The molecule has 0 aromatic heterocycles. The van der Waals surface area contributed by atoms with E-state index in [-0.39, 0.29) is 17.9 Å². The van der Waals surface area contributed by atoms with Crippen LogP contribution in [-0.4, -0.2) is 41.0 Å². The Kier molecular flexibility index (Phi) is 6.16. The Morgan fingerprint density at radius 3 is 2.39 bits per heavy atom. The van der Waals surface area contributed by atoms with Crippen molar-refractivity contribution in [3.05, 3.63) is 29.8 Å². The zero-order chi connectivity index (χ0) is 16.8. The molecule has 2 N–H and O–H groups in total. The van der Waals surface area contributed by atoms with Gasteiger partial charge in [-0.2, -0.15) is 0 Å². The van der Waals surface area contributed by atoms with Crippen LogP contribution in [0.15, 0.2) is 24.3 Å². The summed E-state index contributed by atoms with van der Waals surface area (Å²) in [6, 6.07) is 7.01. The SMILES string of the molecule is CC(C)CCC(=O)Nc1ccc(C(=O)N2CCC(O)CC2)cc1. The molecule has 23 heavy (non-hydrogen) atoms. The molecule has 0 spiro atoms. The highest BCUT2D eigenvalue weighted by atomic mass is 16.3. The number of aliphatic hydroxyl groups excluding tert-OH is 1. The van der Waals surface area contributed by atoms with Crippen molar-refractivity contribution in [2.24, 2.45) is 5.92 Å². The summed E-state index contributed by atoms with van der Waals surface area (Å²) in [5.41, 5.74) is 1.32. The number of aliphatic hydroxyl groups is 1. The van der Waals surface area contributed by atoms with Crippen molar-refractivity contribution in [2.75, 3.05) is 18.4 Å². The lowest BCUT2D eigenvalue weighted by Gasteiger charge is -2.29. The number of benzene rings is 1. The highest BCUT2D eigenvalue weighted by Gasteiger charge is 2.22. The second-order valence-electron chi connectivity index (χ2n) is 6.58. The number of carbonyl (C=O) groups is 2. The summed E-state index contributed by atoms with van der Waals surface area (Å²) in [5, 5.41) is 12.4. The normalized spacial score (nSPS) is 15.7. The van der Waals surface area contributed by atoms with Crippen LogP contribution in [0.1, 0.15) is 49.9 Å². The van der Waals surface area contributed by atoms with Crippen LogP contribution in [-0.2, 0) is 4.79 Å². The lowest BCUT2D eigenvalue weighted by atomic mass is 10.1. The number of amides is 2. The van der Waals surface area contributed by atoms with Crippen LogP contribution in [0.3, 0.4) is 0 Å². The molecule has 126 valence electrons. The van der Waals surface area contributed by atoms with Crippen molar-refractivity contribution in [2.45, 2.75) is 45.6 Å². The van der Waals surface area contributed by atoms with E-state index in [4.69, 9.17) is 0 Å². The summed E-state index contributed by atoms with van der Waals surface area (Å²) < 4.78 is 0. The van der Waals surface area contributed by atoms with Crippen LogP contribution in [0.5, 0.6) is 0 Å². The van der Waals surface area contributed by atoms with Gasteiger partial charge in [-0.05, 0) is 49.4 Å². The van der Waals surface area contributed by atoms with Crippen LogP contribution >= 0.6 is 0 Å². The minimum Gasteiger partial charge on any atom is -0.393 e. The topological polar surface area (TPSA) is 69.6 Å². The quantitative estimate of drug-likeness (QED) is 0.877. The maximum absolute atomic E-state index is 12.4. The molecule has 0 aliphatic carbocycles. The summed E-state index contributed by atoms with van der Waals surface area (Å²) in [4.78, 5) is 25.9. The number of anilines is 1. The van der Waals surface area contributed by atoms with Gasteiger partial charge in [0.2, 0.25) is 5.91 Å². The third-order valence-corrected chi connectivity index (χ3v) is 4.12. The molecule has 1 aromatic carbocycles. The van der Waals surface area contributed by atoms with Gasteiger partial charge in [0.1, 0.15) is 0 Å². The molecular weight excluding hydrogens is 292 g/mol. The van der Waals surface area contributed by atoms with Gasteiger partial charge < -0.3 is 15.3 Å². The van der Waals surface area contributed by atoms with Gasteiger partial charge in [-0.3, -0.25) is 9.59 Å². The molecule has 0 bridgehead atoms. The van der Waals surface area contributed by atoms with Gasteiger partial charge in [-0.15, -0.1) is 0 Å². The van der Waals surface area contributed by atoms with Crippen LogP contribution in [0.25, 0.3) is 0 Å². The zero-order valence-electron chi connectivity index (χ0n) is 13.9. The van der Waals surface area contributed by atoms with E-state index in [0.29, 0.717) is 49.5 Å². The van der Waals surface area contributed by atoms with Gasteiger partial charge in [0, 0.05) is 30.8 Å². The predicted octanol–water partition coefficient (Wildman–Crippen LogP) is 2.66. The minimum atomic E-state index is -0.289. The number of carbonyl (C=O) groups excluding carboxylic acids is 2. The van der Waals surface area contributed by atoms with Crippen molar-refractivity contribution in [3.8, 4) is 0 Å². The molecule has 0 radical (unpaired) electrons. The molecule has 2 amide bonds. The largest absolute Gasteiger partial charge is 0.393 e. The second-order valence-corrected chi connectivity index (χ2v) is 6.58. The smallest absolute Gasteiger partial charge is 0.253 e. The average Bonchev–Trinajstić information content (AvgIpc) is 2.54. The van der Waals surface area contributed by atoms with Crippen LogP contribution in [0, 0.1) is 5.92 Å². The van der Waals surface area contributed by atoms with Gasteiger partial charge in [0.15, 0.2) is 0 Å². The molecule has 1 saturated heterocycles. The molecule has 5 heteroatoms. The fourth-order valence-electron chi connectivity index (χ4n) is 2.59. The second kappa shape index (κ2) is 8.11. The minimum absolute atomic E-state index is 0.00259. The molecule has 0 atom stereocenters. The van der Waals surface area contributed by atoms with E-state index in [1.165, 1.54) is 0 Å². The molecule has 1 fully saturated rings. The standard InChI is InChI=1S/C18H26N2O3/c1-13(2)3-8-17(22)19-15-6-4-14(5-7-15)18(23)20-11-9-16(21)10-12-20/h4-7,13,16,21H,3,8-12H2,1-2H3,(H,19,22). The maximum atomic E-state index is 12.4. The van der Waals surface area contributed by atoms with Crippen LogP contribution in [0.2, 0.25) is 0 Å². The molecule has 1 heterocycles. The number of nitrogens with one attached hydrogen (secondary N) is 1. The summed E-state index contributed by atoms with van der Waals surface area (Å²) in [7, 11) is 0. The number of piperidine rings is 1.